The molecule has 0 aliphatic heterocycles. The van der Waals surface area contributed by atoms with Crippen LogP contribution in [0.3, 0.4) is 0 Å². The smallest absolute Gasteiger partial charge is 0.235 e. The van der Waals surface area contributed by atoms with E-state index in [0.29, 0.717) is 5.95 Å². The first-order valence-corrected chi connectivity index (χ1v) is 16.7. The molecular formula is C46H29N3. The second-order valence-electron chi connectivity index (χ2n) is 12.6. The highest BCUT2D eigenvalue weighted by Crippen LogP contribution is 2.44. The van der Waals surface area contributed by atoms with Gasteiger partial charge in [-0.2, -0.15) is 0 Å². The minimum atomic E-state index is 0.650. The fourth-order valence-corrected chi connectivity index (χ4v) is 7.57. The van der Waals surface area contributed by atoms with E-state index < -0.39 is 0 Å². The van der Waals surface area contributed by atoms with Crippen LogP contribution in [0.1, 0.15) is 0 Å². The predicted octanol–water partition coefficient (Wildman–Crippen LogP) is 12.0. The lowest BCUT2D eigenvalue weighted by Gasteiger charge is -2.14. The molecule has 0 bridgehead atoms. The summed E-state index contributed by atoms with van der Waals surface area (Å²) in [5.74, 6) is 0.650. The molecule has 49 heavy (non-hydrogen) atoms. The monoisotopic (exact) mass is 623 g/mol. The molecule has 0 aliphatic carbocycles. The molecule has 2 heterocycles. The van der Waals surface area contributed by atoms with Gasteiger partial charge in [0.1, 0.15) is 0 Å². The van der Waals surface area contributed by atoms with Crippen molar-refractivity contribution in [3.8, 4) is 39.6 Å². The molecule has 0 saturated carbocycles. The van der Waals surface area contributed by atoms with Gasteiger partial charge in [-0.1, -0.05) is 158 Å². The van der Waals surface area contributed by atoms with Gasteiger partial charge < -0.3 is 0 Å². The molecule has 0 amide bonds. The fraction of sp³-hybridized carbons (Fsp3) is 0. The minimum absolute atomic E-state index is 0.650. The summed E-state index contributed by atoms with van der Waals surface area (Å²) in [5.41, 5.74) is 8.39. The van der Waals surface area contributed by atoms with Crippen LogP contribution in [0.15, 0.2) is 176 Å². The van der Waals surface area contributed by atoms with Gasteiger partial charge in [0, 0.05) is 32.7 Å². The summed E-state index contributed by atoms with van der Waals surface area (Å²) in [4.78, 5) is 10.8. The summed E-state index contributed by atoms with van der Waals surface area (Å²) in [6.45, 7) is 0. The molecule has 10 rings (SSSR count). The summed E-state index contributed by atoms with van der Waals surface area (Å²) in [6.07, 6.45) is 0. The molecule has 228 valence electrons. The standard InChI is InChI=1S/C46H29N3/c1-3-14-30(15-4-1)33-19-13-20-34(28-33)41-29-40(32-17-5-2-6-18-32)47-46(48-41)49-42-25-12-11-24-39(42)44-43-35-21-8-7-16-31(35)26-27-37(43)36-22-9-10-23-38(36)45(44)49/h1-29H. The Morgan fingerprint density at radius 2 is 0.939 bits per heavy atom. The Morgan fingerprint density at radius 3 is 1.73 bits per heavy atom. The third-order valence-electron chi connectivity index (χ3n) is 9.78. The van der Waals surface area contributed by atoms with Gasteiger partial charge >= 0.3 is 0 Å². The Labute approximate surface area is 283 Å². The molecule has 2 aromatic heterocycles. The highest BCUT2D eigenvalue weighted by molar-refractivity contribution is 6.36. The zero-order valence-corrected chi connectivity index (χ0v) is 26.6. The van der Waals surface area contributed by atoms with Crippen molar-refractivity contribution < 1.29 is 0 Å². The molecule has 0 fully saturated rings. The van der Waals surface area contributed by atoms with Crippen molar-refractivity contribution in [2.75, 3.05) is 0 Å². The van der Waals surface area contributed by atoms with Crippen LogP contribution in [0.2, 0.25) is 0 Å². The van der Waals surface area contributed by atoms with Gasteiger partial charge in [-0.05, 0) is 50.9 Å². The van der Waals surface area contributed by atoms with E-state index in [1.165, 1.54) is 48.7 Å². The van der Waals surface area contributed by atoms with E-state index in [4.69, 9.17) is 9.97 Å². The molecule has 0 spiro atoms. The van der Waals surface area contributed by atoms with E-state index in [0.717, 1.165) is 39.1 Å². The SMILES string of the molecule is c1ccc(-c2cccc(-c3cc(-c4ccccc4)nc(-n4c5ccccc5c5c6c7ccccc7ccc6c6ccccc6c54)n3)c2)cc1. The molecule has 0 unspecified atom stereocenters. The van der Waals surface area contributed by atoms with Crippen molar-refractivity contribution in [3.63, 3.8) is 0 Å². The molecule has 0 saturated heterocycles. The van der Waals surface area contributed by atoms with Crippen molar-refractivity contribution in [3.05, 3.63) is 176 Å². The molecular weight excluding hydrogens is 595 g/mol. The summed E-state index contributed by atoms with van der Waals surface area (Å²) < 4.78 is 2.30. The molecule has 0 N–H and O–H groups in total. The molecule has 10 aromatic rings. The van der Waals surface area contributed by atoms with Crippen molar-refractivity contribution in [2.24, 2.45) is 0 Å². The largest absolute Gasteiger partial charge is 0.277 e. The fourth-order valence-electron chi connectivity index (χ4n) is 7.57. The quantitative estimate of drug-likeness (QED) is 0.183. The lowest BCUT2D eigenvalue weighted by atomic mass is 9.93. The second-order valence-corrected chi connectivity index (χ2v) is 12.6. The first-order valence-electron chi connectivity index (χ1n) is 16.7. The van der Waals surface area contributed by atoms with Crippen molar-refractivity contribution in [1.29, 1.82) is 0 Å². The van der Waals surface area contributed by atoms with Crippen LogP contribution in [0.4, 0.5) is 0 Å². The van der Waals surface area contributed by atoms with Gasteiger partial charge in [-0.3, -0.25) is 4.57 Å². The number of benzene rings is 8. The Balaban J connectivity index is 1.35. The van der Waals surface area contributed by atoms with Crippen molar-refractivity contribution in [2.45, 2.75) is 0 Å². The summed E-state index contributed by atoms with van der Waals surface area (Å²) in [5, 5.41) is 9.79. The van der Waals surface area contributed by atoms with E-state index in [2.05, 4.69) is 174 Å². The average molecular weight is 624 g/mol. The van der Waals surface area contributed by atoms with E-state index in [9.17, 15) is 0 Å². The molecule has 0 radical (unpaired) electrons. The first kappa shape index (κ1) is 27.5. The molecule has 3 nitrogen and oxygen atoms in total. The van der Waals surface area contributed by atoms with Crippen molar-refractivity contribution in [1.82, 2.24) is 14.5 Å². The second kappa shape index (κ2) is 11.0. The van der Waals surface area contributed by atoms with Crippen LogP contribution in [-0.2, 0) is 0 Å². The first-order chi connectivity index (χ1) is 24.3. The maximum absolute atomic E-state index is 5.41. The highest BCUT2D eigenvalue weighted by atomic mass is 15.2. The molecule has 0 aliphatic rings. The Hall–Kier alpha value is -6.58. The van der Waals surface area contributed by atoms with E-state index in [-0.39, 0.29) is 0 Å². The van der Waals surface area contributed by atoms with E-state index in [1.54, 1.807) is 0 Å². The van der Waals surface area contributed by atoms with Gasteiger partial charge in [0.2, 0.25) is 5.95 Å². The summed E-state index contributed by atoms with van der Waals surface area (Å²) >= 11 is 0. The minimum Gasteiger partial charge on any atom is -0.277 e. The number of para-hydroxylation sites is 1. The number of aromatic nitrogens is 3. The lowest BCUT2D eigenvalue weighted by molar-refractivity contribution is 0.998. The Morgan fingerprint density at radius 1 is 0.347 bits per heavy atom. The highest BCUT2D eigenvalue weighted by Gasteiger charge is 2.22. The van der Waals surface area contributed by atoms with Crippen LogP contribution < -0.4 is 0 Å². The lowest BCUT2D eigenvalue weighted by Crippen LogP contribution is -2.04. The number of hydrogen-bond donors (Lipinski definition) is 0. The number of nitrogens with zero attached hydrogens (tertiary/aromatic N) is 3. The average Bonchev–Trinajstić information content (AvgIpc) is 3.54. The normalized spacial score (nSPS) is 11.7. The van der Waals surface area contributed by atoms with Gasteiger partial charge in [0.15, 0.2) is 0 Å². The third-order valence-corrected chi connectivity index (χ3v) is 9.78. The third kappa shape index (κ3) is 4.37. The molecule has 3 heteroatoms. The van der Waals surface area contributed by atoms with Gasteiger partial charge in [-0.15, -0.1) is 0 Å². The van der Waals surface area contributed by atoms with Crippen LogP contribution in [0.5, 0.6) is 0 Å². The Bertz CT molecular complexity index is 2870. The maximum atomic E-state index is 5.41. The Kier molecular flexibility index (Phi) is 6.18. The van der Waals surface area contributed by atoms with Crippen LogP contribution in [0, 0.1) is 0 Å². The number of fused-ring (bicyclic) bond motifs is 10. The molecule has 0 atom stereocenters. The maximum Gasteiger partial charge on any atom is 0.235 e. The van der Waals surface area contributed by atoms with Crippen LogP contribution >= 0.6 is 0 Å². The predicted molar refractivity (Wildman–Crippen MR) is 205 cm³/mol. The zero-order chi connectivity index (χ0) is 32.3. The van der Waals surface area contributed by atoms with Gasteiger partial charge in [0.05, 0.1) is 22.4 Å². The van der Waals surface area contributed by atoms with E-state index >= 15 is 0 Å². The van der Waals surface area contributed by atoms with Crippen molar-refractivity contribution >= 4 is 54.1 Å². The zero-order valence-electron chi connectivity index (χ0n) is 26.6. The molecule has 8 aromatic carbocycles. The number of rotatable bonds is 4. The van der Waals surface area contributed by atoms with Gasteiger partial charge in [0.25, 0.3) is 0 Å². The van der Waals surface area contributed by atoms with Crippen LogP contribution in [-0.4, -0.2) is 14.5 Å². The summed E-state index contributed by atoms with van der Waals surface area (Å²) in [7, 11) is 0. The van der Waals surface area contributed by atoms with E-state index in [1.807, 2.05) is 6.07 Å². The summed E-state index contributed by atoms with van der Waals surface area (Å²) in [6, 6.07) is 62.4. The van der Waals surface area contributed by atoms with Gasteiger partial charge in [-0.25, -0.2) is 9.97 Å². The topological polar surface area (TPSA) is 30.7 Å². The number of hydrogen-bond acceptors (Lipinski definition) is 2. The van der Waals surface area contributed by atoms with Crippen LogP contribution in [0.25, 0.3) is 93.7 Å².